The molecule has 0 aliphatic carbocycles. The molecule has 1 amide bonds. The van der Waals surface area contributed by atoms with Crippen LogP contribution in [-0.2, 0) is 11.2 Å². The monoisotopic (exact) mass is 175 g/mol. The van der Waals surface area contributed by atoms with Crippen molar-refractivity contribution in [1.82, 2.24) is 10.2 Å². The maximum Gasteiger partial charge on any atom is 0.221 e. The Morgan fingerprint density at radius 1 is 1.54 bits per heavy atom. The molecule has 3 N–H and O–H groups in total. The summed E-state index contributed by atoms with van der Waals surface area (Å²) in [6, 6.07) is 5.66. The molecule has 0 spiro atoms. The second kappa shape index (κ2) is 2.90. The van der Waals surface area contributed by atoms with Crippen molar-refractivity contribution in [3.8, 4) is 0 Å². The van der Waals surface area contributed by atoms with Crippen molar-refractivity contribution in [3.05, 3.63) is 30.0 Å². The Morgan fingerprint density at radius 3 is 3.15 bits per heavy atom. The Morgan fingerprint density at radius 2 is 2.38 bits per heavy atom. The average molecular weight is 175 g/mol. The van der Waals surface area contributed by atoms with Crippen LogP contribution in [0, 0.1) is 0 Å². The molecule has 0 unspecified atom stereocenters. The lowest BCUT2D eigenvalue weighted by atomic mass is 10.1. The van der Waals surface area contributed by atoms with Gasteiger partial charge in [0, 0.05) is 5.39 Å². The summed E-state index contributed by atoms with van der Waals surface area (Å²) >= 11 is 0. The quantitative estimate of drug-likeness (QED) is 0.701. The van der Waals surface area contributed by atoms with Gasteiger partial charge in [0.15, 0.2) is 0 Å². The number of hydrogen-bond acceptors (Lipinski definition) is 2. The molecule has 0 atom stereocenters. The van der Waals surface area contributed by atoms with Crippen LogP contribution in [0.25, 0.3) is 10.9 Å². The van der Waals surface area contributed by atoms with Gasteiger partial charge in [0.05, 0.1) is 18.1 Å². The van der Waals surface area contributed by atoms with E-state index in [9.17, 15) is 4.79 Å². The molecule has 0 aliphatic rings. The maximum absolute atomic E-state index is 10.6. The second-order valence-corrected chi connectivity index (χ2v) is 2.93. The fourth-order valence-electron chi connectivity index (χ4n) is 1.30. The second-order valence-electron chi connectivity index (χ2n) is 2.93. The normalized spacial score (nSPS) is 10.5. The summed E-state index contributed by atoms with van der Waals surface area (Å²) in [5.74, 6) is -0.317. The molecule has 0 saturated heterocycles. The highest BCUT2D eigenvalue weighted by molar-refractivity contribution is 5.82. The highest BCUT2D eigenvalue weighted by Gasteiger charge is 2.00. The molecule has 2 aromatic rings. The van der Waals surface area contributed by atoms with Crippen molar-refractivity contribution in [3.63, 3.8) is 0 Å². The molecular formula is C9H9N3O. The molecule has 1 aromatic heterocycles. The van der Waals surface area contributed by atoms with Gasteiger partial charge < -0.3 is 5.73 Å². The smallest absolute Gasteiger partial charge is 0.221 e. The summed E-state index contributed by atoms with van der Waals surface area (Å²) < 4.78 is 0. The molecule has 0 radical (unpaired) electrons. The molecule has 66 valence electrons. The van der Waals surface area contributed by atoms with Crippen molar-refractivity contribution in [1.29, 1.82) is 0 Å². The van der Waals surface area contributed by atoms with Crippen LogP contribution in [0.2, 0.25) is 0 Å². The van der Waals surface area contributed by atoms with Crippen LogP contribution < -0.4 is 5.73 Å². The summed E-state index contributed by atoms with van der Waals surface area (Å²) in [6.45, 7) is 0. The fraction of sp³-hybridized carbons (Fsp3) is 0.111. The lowest BCUT2D eigenvalue weighted by Crippen LogP contribution is -2.13. The number of aromatic nitrogens is 2. The molecule has 2 rings (SSSR count). The Balaban J connectivity index is 2.42. The minimum atomic E-state index is -0.317. The number of carbonyl (C=O) groups is 1. The van der Waals surface area contributed by atoms with Crippen LogP contribution in [0.15, 0.2) is 24.4 Å². The van der Waals surface area contributed by atoms with Gasteiger partial charge in [-0.1, -0.05) is 6.07 Å². The molecule has 0 aliphatic heterocycles. The number of nitrogens with two attached hydrogens (primary N) is 1. The van der Waals surface area contributed by atoms with E-state index in [1.807, 2.05) is 18.2 Å². The van der Waals surface area contributed by atoms with Gasteiger partial charge in [0.2, 0.25) is 5.91 Å². The van der Waals surface area contributed by atoms with Gasteiger partial charge in [-0.3, -0.25) is 9.89 Å². The Bertz CT molecular complexity index is 447. The molecular weight excluding hydrogens is 166 g/mol. The maximum atomic E-state index is 10.6. The first-order valence-electron chi connectivity index (χ1n) is 3.96. The van der Waals surface area contributed by atoms with Gasteiger partial charge in [-0.2, -0.15) is 5.10 Å². The molecule has 0 bridgehead atoms. The van der Waals surface area contributed by atoms with Crippen LogP contribution in [0.3, 0.4) is 0 Å². The number of carbonyl (C=O) groups excluding carboxylic acids is 1. The molecule has 0 fully saturated rings. The number of amides is 1. The molecule has 4 heteroatoms. The van der Waals surface area contributed by atoms with Crippen molar-refractivity contribution >= 4 is 16.8 Å². The van der Waals surface area contributed by atoms with Crippen molar-refractivity contribution in [2.45, 2.75) is 6.42 Å². The predicted molar refractivity (Wildman–Crippen MR) is 49.0 cm³/mol. The third-order valence-corrected chi connectivity index (χ3v) is 1.88. The zero-order chi connectivity index (χ0) is 9.26. The van der Waals surface area contributed by atoms with Gasteiger partial charge in [-0.05, 0) is 17.7 Å². The van der Waals surface area contributed by atoms with Gasteiger partial charge in [-0.25, -0.2) is 0 Å². The van der Waals surface area contributed by atoms with E-state index < -0.39 is 0 Å². The van der Waals surface area contributed by atoms with Crippen molar-refractivity contribution < 1.29 is 4.79 Å². The van der Waals surface area contributed by atoms with Gasteiger partial charge >= 0.3 is 0 Å². The van der Waals surface area contributed by atoms with Crippen molar-refractivity contribution in [2.75, 3.05) is 0 Å². The SMILES string of the molecule is NC(=O)Cc1ccc2[nH]ncc2c1. The standard InChI is InChI=1S/C9H9N3O/c10-9(13)4-6-1-2-8-7(3-6)5-11-12-8/h1-3,5H,4H2,(H2,10,13)(H,11,12). The number of nitrogens with one attached hydrogen (secondary N) is 1. The van der Waals surface area contributed by atoms with Crippen LogP contribution >= 0.6 is 0 Å². The molecule has 1 heterocycles. The average Bonchev–Trinajstić information content (AvgIpc) is 2.49. The lowest BCUT2D eigenvalue weighted by Gasteiger charge is -1.96. The number of benzene rings is 1. The highest BCUT2D eigenvalue weighted by Crippen LogP contribution is 2.12. The summed E-state index contributed by atoms with van der Waals surface area (Å²) in [5.41, 5.74) is 6.97. The van der Waals surface area contributed by atoms with Crippen LogP contribution in [-0.4, -0.2) is 16.1 Å². The Labute approximate surface area is 74.7 Å². The number of nitrogens with zero attached hydrogens (tertiary/aromatic N) is 1. The summed E-state index contributed by atoms with van der Waals surface area (Å²) in [7, 11) is 0. The Kier molecular flexibility index (Phi) is 1.73. The zero-order valence-corrected chi connectivity index (χ0v) is 6.95. The number of hydrogen-bond donors (Lipinski definition) is 2. The molecule has 13 heavy (non-hydrogen) atoms. The summed E-state index contributed by atoms with van der Waals surface area (Å²) in [5, 5.41) is 7.71. The van der Waals surface area contributed by atoms with E-state index in [2.05, 4.69) is 10.2 Å². The van der Waals surface area contributed by atoms with Gasteiger partial charge in [0.1, 0.15) is 0 Å². The van der Waals surface area contributed by atoms with Crippen LogP contribution in [0.5, 0.6) is 0 Å². The number of fused-ring (bicyclic) bond motifs is 1. The number of H-pyrrole nitrogens is 1. The van der Waals surface area contributed by atoms with E-state index >= 15 is 0 Å². The highest BCUT2D eigenvalue weighted by atomic mass is 16.1. The van der Waals surface area contributed by atoms with E-state index in [0.29, 0.717) is 0 Å². The van der Waals surface area contributed by atoms with Gasteiger partial charge in [-0.15, -0.1) is 0 Å². The first-order valence-corrected chi connectivity index (χ1v) is 3.96. The summed E-state index contributed by atoms with van der Waals surface area (Å²) in [4.78, 5) is 10.6. The molecule has 0 saturated carbocycles. The predicted octanol–water partition coefficient (Wildman–Crippen LogP) is 0.591. The van der Waals surface area contributed by atoms with Crippen LogP contribution in [0.4, 0.5) is 0 Å². The lowest BCUT2D eigenvalue weighted by molar-refractivity contribution is -0.117. The Hall–Kier alpha value is -1.84. The molecule has 1 aromatic carbocycles. The van der Waals surface area contributed by atoms with E-state index in [4.69, 9.17) is 5.73 Å². The first-order chi connectivity index (χ1) is 6.25. The zero-order valence-electron chi connectivity index (χ0n) is 6.95. The number of primary amides is 1. The fourth-order valence-corrected chi connectivity index (χ4v) is 1.30. The van der Waals surface area contributed by atoms with E-state index in [-0.39, 0.29) is 12.3 Å². The van der Waals surface area contributed by atoms with E-state index in [1.165, 1.54) is 0 Å². The topological polar surface area (TPSA) is 71.8 Å². The van der Waals surface area contributed by atoms with Crippen molar-refractivity contribution in [2.24, 2.45) is 5.73 Å². The van der Waals surface area contributed by atoms with Crippen LogP contribution in [0.1, 0.15) is 5.56 Å². The largest absolute Gasteiger partial charge is 0.369 e. The first kappa shape index (κ1) is 7.79. The number of rotatable bonds is 2. The third-order valence-electron chi connectivity index (χ3n) is 1.88. The summed E-state index contributed by atoms with van der Waals surface area (Å²) in [6.07, 6.45) is 2.00. The van der Waals surface area contributed by atoms with E-state index in [1.54, 1.807) is 6.20 Å². The minimum absolute atomic E-state index is 0.279. The number of aromatic amines is 1. The van der Waals surface area contributed by atoms with E-state index in [0.717, 1.165) is 16.5 Å². The molecule has 4 nitrogen and oxygen atoms in total. The van der Waals surface area contributed by atoms with Gasteiger partial charge in [0.25, 0.3) is 0 Å². The third kappa shape index (κ3) is 1.51. The minimum Gasteiger partial charge on any atom is -0.369 e.